The van der Waals surface area contributed by atoms with E-state index >= 15 is 0 Å². The van der Waals surface area contributed by atoms with Gasteiger partial charge in [-0.2, -0.15) is 0 Å². The van der Waals surface area contributed by atoms with Crippen LogP contribution in [0.15, 0.2) is 64.7 Å². The number of fused-ring (bicyclic) bond motifs is 4. The molecule has 0 saturated heterocycles. The van der Waals surface area contributed by atoms with Crippen molar-refractivity contribution in [3.05, 3.63) is 86.6 Å². The van der Waals surface area contributed by atoms with Crippen molar-refractivity contribution in [2.45, 2.75) is 37.8 Å². The maximum Gasteiger partial charge on any atom is 0.267 e. The van der Waals surface area contributed by atoms with Crippen molar-refractivity contribution in [2.75, 3.05) is 5.75 Å². The minimum atomic E-state index is -0.0271. The van der Waals surface area contributed by atoms with Gasteiger partial charge in [0.1, 0.15) is 4.83 Å². The summed E-state index contributed by atoms with van der Waals surface area (Å²) in [5.41, 5.74) is 4.58. The van der Waals surface area contributed by atoms with Gasteiger partial charge in [-0.1, -0.05) is 48.2 Å². The lowest BCUT2D eigenvalue weighted by Gasteiger charge is -2.15. The van der Waals surface area contributed by atoms with Crippen molar-refractivity contribution < 1.29 is 4.79 Å². The summed E-state index contributed by atoms with van der Waals surface area (Å²) >= 11 is 2.98. The highest BCUT2D eigenvalue weighted by Gasteiger charge is 2.24. The molecular formula is C27H23N3O2S2. The number of aromatic amines is 1. The third kappa shape index (κ3) is 3.51. The van der Waals surface area contributed by atoms with Gasteiger partial charge in [0.15, 0.2) is 10.9 Å². The Kier molecular flexibility index (Phi) is 5.38. The Morgan fingerprint density at radius 3 is 2.79 bits per heavy atom. The molecule has 170 valence electrons. The van der Waals surface area contributed by atoms with Gasteiger partial charge in [-0.3, -0.25) is 14.2 Å². The van der Waals surface area contributed by atoms with Crippen LogP contribution >= 0.6 is 23.1 Å². The fourth-order valence-electron chi connectivity index (χ4n) is 4.82. The van der Waals surface area contributed by atoms with E-state index < -0.39 is 0 Å². The standard InChI is InChI=1S/C27H23N3O2S2/c1-16-8-2-6-12-21(16)30-26(32)24-18-10-4-7-13-23(18)34-25(24)29-27(30)33-15-22(31)19-14-28-20-11-5-3-9-17(19)20/h2-3,5-6,8-9,11-12,14,28H,4,7,10,13,15H2,1H3. The number of thioether (sulfide) groups is 1. The van der Waals surface area contributed by atoms with E-state index in [1.807, 2.05) is 55.5 Å². The van der Waals surface area contributed by atoms with Crippen LogP contribution in [0.1, 0.15) is 39.2 Å². The van der Waals surface area contributed by atoms with Crippen molar-refractivity contribution in [2.24, 2.45) is 0 Å². The van der Waals surface area contributed by atoms with Crippen molar-refractivity contribution in [1.29, 1.82) is 0 Å². The van der Waals surface area contributed by atoms with Crippen molar-refractivity contribution in [1.82, 2.24) is 14.5 Å². The highest BCUT2D eigenvalue weighted by Crippen LogP contribution is 2.35. The zero-order chi connectivity index (χ0) is 23.2. The van der Waals surface area contributed by atoms with E-state index in [9.17, 15) is 9.59 Å². The van der Waals surface area contributed by atoms with E-state index in [0.29, 0.717) is 10.7 Å². The van der Waals surface area contributed by atoms with Crippen LogP contribution in [0, 0.1) is 6.92 Å². The second kappa shape index (κ2) is 8.56. The SMILES string of the molecule is Cc1ccccc1-n1c(SCC(=O)c2c[nH]c3ccccc23)nc2sc3c(c2c1=O)CCCC3. The van der Waals surface area contributed by atoms with Gasteiger partial charge in [0, 0.05) is 27.5 Å². The molecule has 0 aliphatic heterocycles. The van der Waals surface area contributed by atoms with Gasteiger partial charge in [-0.15, -0.1) is 11.3 Å². The molecule has 1 aliphatic carbocycles. The molecule has 0 spiro atoms. The molecule has 0 unspecified atom stereocenters. The van der Waals surface area contributed by atoms with E-state index in [4.69, 9.17) is 4.98 Å². The monoisotopic (exact) mass is 485 g/mol. The number of hydrogen-bond donors (Lipinski definition) is 1. The summed E-state index contributed by atoms with van der Waals surface area (Å²) in [7, 11) is 0. The number of thiophene rings is 1. The molecule has 0 fully saturated rings. The van der Waals surface area contributed by atoms with Crippen LogP contribution in [0.5, 0.6) is 0 Å². The van der Waals surface area contributed by atoms with E-state index in [1.165, 1.54) is 22.2 Å². The number of rotatable bonds is 5. The first-order chi connectivity index (χ1) is 16.6. The summed E-state index contributed by atoms with van der Waals surface area (Å²) in [4.78, 5) is 37.3. The first kappa shape index (κ1) is 21.4. The lowest BCUT2D eigenvalue weighted by molar-refractivity contribution is 0.102. The third-order valence-electron chi connectivity index (χ3n) is 6.54. The number of hydrogen-bond acceptors (Lipinski definition) is 5. The average molecular weight is 486 g/mol. The fourth-order valence-corrected chi connectivity index (χ4v) is 7.01. The number of para-hydroxylation sites is 2. The number of ketones is 1. The molecule has 3 heterocycles. The molecule has 34 heavy (non-hydrogen) atoms. The molecule has 5 aromatic rings. The summed E-state index contributed by atoms with van der Waals surface area (Å²) in [6, 6.07) is 15.7. The Morgan fingerprint density at radius 2 is 1.91 bits per heavy atom. The summed E-state index contributed by atoms with van der Waals surface area (Å²) < 4.78 is 1.71. The van der Waals surface area contributed by atoms with Gasteiger partial charge >= 0.3 is 0 Å². The molecule has 2 aromatic carbocycles. The summed E-state index contributed by atoms with van der Waals surface area (Å²) in [5.74, 6) is 0.218. The number of benzene rings is 2. The average Bonchev–Trinajstić information content (AvgIpc) is 3.45. The number of Topliss-reactive ketones (excluding diaryl/α,β-unsaturated/α-hetero) is 1. The van der Waals surface area contributed by atoms with Gasteiger partial charge in [0.25, 0.3) is 5.56 Å². The number of carbonyl (C=O) groups excluding carboxylic acids is 1. The number of carbonyl (C=O) groups is 1. The first-order valence-electron chi connectivity index (χ1n) is 11.5. The zero-order valence-corrected chi connectivity index (χ0v) is 20.4. The number of aromatic nitrogens is 3. The first-order valence-corrected chi connectivity index (χ1v) is 13.3. The number of H-pyrrole nitrogens is 1. The Hall–Kier alpha value is -3.16. The summed E-state index contributed by atoms with van der Waals surface area (Å²) in [6.07, 6.45) is 5.99. The quantitative estimate of drug-likeness (QED) is 0.186. The lowest BCUT2D eigenvalue weighted by atomic mass is 9.97. The van der Waals surface area contributed by atoms with E-state index in [1.54, 1.807) is 22.1 Å². The smallest absolute Gasteiger partial charge is 0.267 e. The molecular weight excluding hydrogens is 462 g/mol. The molecule has 0 bridgehead atoms. The minimum absolute atomic E-state index is 0.0126. The highest BCUT2D eigenvalue weighted by molar-refractivity contribution is 7.99. The molecule has 5 nitrogen and oxygen atoms in total. The fraction of sp³-hybridized carbons (Fsp3) is 0.222. The lowest BCUT2D eigenvalue weighted by Crippen LogP contribution is -2.23. The van der Waals surface area contributed by atoms with E-state index in [2.05, 4.69) is 4.98 Å². The number of nitrogens with one attached hydrogen (secondary N) is 1. The molecule has 1 aliphatic rings. The van der Waals surface area contributed by atoms with Crippen molar-refractivity contribution in [3.63, 3.8) is 0 Å². The van der Waals surface area contributed by atoms with Crippen LogP contribution in [0.4, 0.5) is 0 Å². The molecule has 0 amide bonds. The molecule has 3 aromatic heterocycles. The Balaban J connectivity index is 1.45. The minimum Gasteiger partial charge on any atom is -0.360 e. The van der Waals surface area contributed by atoms with Crippen LogP contribution in [-0.4, -0.2) is 26.1 Å². The largest absolute Gasteiger partial charge is 0.360 e. The van der Waals surface area contributed by atoms with Gasteiger partial charge in [-0.05, 0) is 55.9 Å². The molecule has 7 heteroatoms. The number of aryl methyl sites for hydroxylation is 3. The van der Waals surface area contributed by atoms with Gasteiger partial charge in [0.2, 0.25) is 0 Å². The Bertz CT molecular complexity index is 1630. The second-order valence-corrected chi connectivity index (χ2v) is 10.7. The van der Waals surface area contributed by atoms with Crippen LogP contribution in [-0.2, 0) is 12.8 Å². The maximum atomic E-state index is 13.9. The summed E-state index contributed by atoms with van der Waals surface area (Å²) in [5, 5.41) is 2.24. The Labute approximate surface area is 204 Å². The van der Waals surface area contributed by atoms with Crippen LogP contribution in [0.3, 0.4) is 0 Å². The normalized spacial score (nSPS) is 13.4. The van der Waals surface area contributed by atoms with Crippen molar-refractivity contribution >= 4 is 50.0 Å². The molecule has 0 radical (unpaired) electrons. The topological polar surface area (TPSA) is 67.8 Å². The van der Waals surface area contributed by atoms with Crippen LogP contribution < -0.4 is 5.56 Å². The maximum absolute atomic E-state index is 13.9. The zero-order valence-electron chi connectivity index (χ0n) is 18.8. The van der Waals surface area contributed by atoms with E-state index in [0.717, 1.165) is 58.1 Å². The van der Waals surface area contributed by atoms with E-state index in [-0.39, 0.29) is 17.1 Å². The Morgan fingerprint density at radius 1 is 1.12 bits per heavy atom. The van der Waals surface area contributed by atoms with Crippen LogP contribution in [0.2, 0.25) is 0 Å². The molecule has 6 rings (SSSR count). The third-order valence-corrected chi connectivity index (χ3v) is 8.66. The predicted octanol–water partition coefficient (Wildman–Crippen LogP) is 6.09. The van der Waals surface area contributed by atoms with Gasteiger partial charge in [0.05, 0.1) is 16.8 Å². The number of nitrogens with zero attached hydrogens (tertiary/aromatic N) is 2. The van der Waals surface area contributed by atoms with Crippen molar-refractivity contribution in [3.8, 4) is 5.69 Å². The molecule has 0 saturated carbocycles. The van der Waals surface area contributed by atoms with Gasteiger partial charge < -0.3 is 4.98 Å². The van der Waals surface area contributed by atoms with Gasteiger partial charge in [-0.25, -0.2) is 4.98 Å². The second-order valence-electron chi connectivity index (χ2n) is 8.67. The molecule has 1 N–H and O–H groups in total. The predicted molar refractivity (Wildman–Crippen MR) is 140 cm³/mol. The summed E-state index contributed by atoms with van der Waals surface area (Å²) in [6.45, 7) is 2.00. The van der Waals surface area contributed by atoms with Crippen LogP contribution in [0.25, 0.3) is 26.8 Å². The highest BCUT2D eigenvalue weighted by atomic mass is 32.2. The molecule has 0 atom stereocenters.